The molecule has 0 atom stereocenters. The molecule has 146 valence electrons. The quantitative estimate of drug-likeness (QED) is 0.488. The maximum Gasteiger partial charge on any atom is 0.290 e. The van der Waals surface area contributed by atoms with E-state index in [4.69, 9.17) is 9.15 Å². The maximum atomic E-state index is 11.8. The van der Waals surface area contributed by atoms with E-state index in [9.17, 15) is 9.59 Å². The first-order valence-electron chi connectivity index (χ1n) is 8.81. The lowest BCUT2D eigenvalue weighted by molar-refractivity contribution is -0.115. The Hall–Kier alpha value is -3.98. The number of ether oxygens (including phenoxy) is 1. The van der Waals surface area contributed by atoms with Gasteiger partial charge in [-0.1, -0.05) is 12.1 Å². The van der Waals surface area contributed by atoms with Crippen molar-refractivity contribution in [2.75, 3.05) is 0 Å². The van der Waals surface area contributed by atoms with Crippen molar-refractivity contribution in [2.24, 2.45) is 0 Å². The molecule has 4 aromatic rings. The summed E-state index contributed by atoms with van der Waals surface area (Å²) in [5.41, 5.74) is 2.23. The van der Waals surface area contributed by atoms with Gasteiger partial charge in [0.05, 0.1) is 17.3 Å². The number of hydrogen-bond acceptors (Lipinski definition) is 8. The van der Waals surface area contributed by atoms with Crippen LogP contribution >= 0.6 is 11.8 Å². The highest BCUT2D eigenvalue weighted by molar-refractivity contribution is 8.18. The molecule has 0 spiro atoms. The highest BCUT2D eigenvalue weighted by Crippen LogP contribution is 2.34. The van der Waals surface area contributed by atoms with Crippen molar-refractivity contribution in [3.63, 3.8) is 0 Å². The van der Waals surface area contributed by atoms with Crippen molar-refractivity contribution in [2.45, 2.75) is 0 Å². The van der Waals surface area contributed by atoms with Crippen molar-refractivity contribution in [1.29, 1.82) is 0 Å². The molecule has 1 aliphatic rings. The van der Waals surface area contributed by atoms with Crippen molar-refractivity contribution in [1.82, 2.24) is 20.3 Å². The molecule has 0 bridgehead atoms. The average Bonchev–Trinajstić information content (AvgIpc) is 3.30. The summed E-state index contributed by atoms with van der Waals surface area (Å²) in [7, 11) is 0. The second kappa shape index (κ2) is 7.45. The Bertz CT molecular complexity index is 1320. The van der Waals surface area contributed by atoms with E-state index in [1.165, 1.54) is 6.33 Å². The van der Waals surface area contributed by atoms with Gasteiger partial charge >= 0.3 is 0 Å². The first-order chi connectivity index (χ1) is 14.7. The topological polar surface area (TPSA) is 107 Å². The lowest BCUT2D eigenvalue weighted by atomic mass is 10.1. The van der Waals surface area contributed by atoms with Crippen LogP contribution in [0.1, 0.15) is 5.76 Å². The van der Waals surface area contributed by atoms with Crippen LogP contribution in [-0.4, -0.2) is 26.1 Å². The fraction of sp³-hybridized carbons (Fsp3) is 0. The van der Waals surface area contributed by atoms with E-state index < -0.39 is 11.1 Å². The Balaban J connectivity index is 1.51. The largest absolute Gasteiger partial charge is 0.456 e. The van der Waals surface area contributed by atoms with Crippen LogP contribution in [0.3, 0.4) is 0 Å². The number of carbonyl (C=O) groups is 2. The number of furan rings is 1. The number of fused-ring (bicyclic) bond motifs is 1. The summed E-state index contributed by atoms with van der Waals surface area (Å²) >= 11 is 0.841. The van der Waals surface area contributed by atoms with E-state index >= 15 is 0 Å². The van der Waals surface area contributed by atoms with Gasteiger partial charge in [-0.2, -0.15) is 0 Å². The molecule has 3 aromatic heterocycles. The monoisotopic (exact) mass is 416 g/mol. The summed E-state index contributed by atoms with van der Waals surface area (Å²) in [5.74, 6) is 1.17. The van der Waals surface area contributed by atoms with Crippen molar-refractivity contribution in [3.8, 4) is 22.6 Å². The van der Waals surface area contributed by atoms with E-state index in [2.05, 4.69) is 20.3 Å². The molecule has 0 unspecified atom stereocenters. The second-order valence-electron chi connectivity index (χ2n) is 6.31. The Morgan fingerprint density at radius 1 is 1.00 bits per heavy atom. The zero-order valence-corrected chi connectivity index (χ0v) is 16.1. The smallest absolute Gasteiger partial charge is 0.290 e. The van der Waals surface area contributed by atoms with Crippen LogP contribution in [0.4, 0.5) is 4.79 Å². The highest BCUT2D eigenvalue weighted by atomic mass is 32.2. The van der Waals surface area contributed by atoms with Gasteiger partial charge in [0.1, 0.15) is 23.4 Å². The molecule has 9 heteroatoms. The minimum atomic E-state index is -0.432. The molecule has 1 aromatic carbocycles. The predicted octanol–water partition coefficient (Wildman–Crippen LogP) is 4.40. The molecule has 8 nitrogen and oxygen atoms in total. The third-order valence-electron chi connectivity index (χ3n) is 4.27. The fourth-order valence-electron chi connectivity index (χ4n) is 3.01. The number of carbonyl (C=O) groups excluding carboxylic acids is 2. The molecular weight excluding hydrogens is 404 g/mol. The highest BCUT2D eigenvalue weighted by Gasteiger charge is 2.25. The first-order valence-corrected chi connectivity index (χ1v) is 9.63. The number of aromatic nitrogens is 3. The van der Waals surface area contributed by atoms with Crippen LogP contribution in [0, 0.1) is 0 Å². The van der Waals surface area contributed by atoms with Crippen LogP contribution in [0.25, 0.3) is 28.2 Å². The summed E-state index contributed by atoms with van der Waals surface area (Å²) in [4.78, 5) is 35.6. The number of rotatable bonds is 4. The van der Waals surface area contributed by atoms with Gasteiger partial charge in [-0.05, 0) is 35.5 Å². The summed E-state index contributed by atoms with van der Waals surface area (Å²) in [6, 6.07) is 9.25. The SMILES string of the molecule is O=C1NC(=O)C(=Cc2cc3cncc(-c4cccc(Oc5cncnc5)c4)c3o2)S1. The van der Waals surface area contributed by atoms with Crippen LogP contribution in [0.15, 0.2) is 70.8 Å². The Kier molecular flexibility index (Phi) is 4.49. The molecule has 0 radical (unpaired) electrons. The summed E-state index contributed by atoms with van der Waals surface area (Å²) < 4.78 is 11.8. The van der Waals surface area contributed by atoms with Crippen molar-refractivity contribution in [3.05, 3.63) is 72.1 Å². The summed E-state index contributed by atoms with van der Waals surface area (Å²) in [6.07, 6.45) is 9.52. The van der Waals surface area contributed by atoms with E-state index in [0.717, 1.165) is 28.3 Å². The number of imide groups is 1. The summed E-state index contributed by atoms with van der Waals surface area (Å²) in [5, 5.41) is 2.60. The number of pyridine rings is 1. The molecule has 4 heterocycles. The van der Waals surface area contributed by atoms with Crippen LogP contribution in [0.2, 0.25) is 0 Å². The van der Waals surface area contributed by atoms with Gasteiger partial charge in [0.2, 0.25) is 0 Å². The minimum absolute atomic E-state index is 0.286. The lowest BCUT2D eigenvalue weighted by Crippen LogP contribution is -2.17. The van der Waals surface area contributed by atoms with Gasteiger partial charge < -0.3 is 9.15 Å². The fourth-order valence-corrected chi connectivity index (χ4v) is 3.67. The van der Waals surface area contributed by atoms with Gasteiger partial charge in [0.15, 0.2) is 5.75 Å². The number of nitrogens with one attached hydrogen (secondary N) is 1. The van der Waals surface area contributed by atoms with Crippen LogP contribution in [-0.2, 0) is 4.79 Å². The van der Waals surface area contributed by atoms with Gasteiger partial charge in [0, 0.05) is 29.4 Å². The zero-order chi connectivity index (χ0) is 20.5. The van der Waals surface area contributed by atoms with E-state index in [1.807, 2.05) is 24.3 Å². The number of benzene rings is 1. The Morgan fingerprint density at radius 3 is 2.67 bits per heavy atom. The minimum Gasteiger partial charge on any atom is -0.456 e. The van der Waals surface area contributed by atoms with Crippen molar-refractivity contribution >= 4 is 40.0 Å². The van der Waals surface area contributed by atoms with Crippen LogP contribution in [0.5, 0.6) is 11.5 Å². The molecule has 1 N–H and O–H groups in total. The third kappa shape index (κ3) is 3.53. The average molecular weight is 416 g/mol. The van der Waals surface area contributed by atoms with E-state index in [0.29, 0.717) is 22.8 Å². The maximum absolute atomic E-state index is 11.8. The molecule has 0 saturated carbocycles. The Labute approximate surface area is 174 Å². The molecule has 1 fully saturated rings. The molecule has 1 saturated heterocycles. The van der Waals surface area contributed by atoms with Gasteiger partial charge in [0.25, 0.3) is 11.1 Å². The standard InChI is InChI=1S/C21H12N4O4S/c26-20-18(30-21(27)25-20)6-15-5-13-7-22-10-17(19(13)29-15)12-2-1-3-14(4-12)28-16-8-23-11-24-9-16/h1-11H,(H,25,26,27). The first kappa shape index (κ1) is 18.1. The number of thioether (sulfide) groups is 1. The number of nitrogens with zero attached hydrogens (tertiary/aromatic N) is 3. The zero-order valence-electron chi connectivity index (χ0n) is 15.2. The Morgan fingerprint density at radius 2 is 1.87 bits per heavy atom. The van der Waals surface area contributed by atoms with Gasteiger partial charge in [-0.3, -0.25) is 19.9 Å². The molecular formula is C21H12N4O4S. The number of amides is 2. The van der Waals surface area contributed by atoms with E-state index in [-0.39, 0.29) is 4.91 Å². The van der Waals surface area contributed by atoms with Gasteiger partial charge in [-0.25, -0.2) is 9.97 Å². The number of hydrogen-bond donors (Lipinski definition) is 1. The third-order valence-corrected chi connectivity index (χ3v) is 5.09. The predicted molar refractivity (Wildman–Crippen MR) is 111 cm³/mol. The lowest BCUT2D eigenvalue weighted by Gasteiger charge is -2.07. The van der Waals surface area contributed by atoms with E-state index in [1.54, 1.807) is 36.9 Å². The summed E-state index contributed by atoms with van der Waals surface area (Å²) in [6.45, 7) is 0. The molecule has 30 heavy (non-hydrogen) atoms. The normalized spacial score (nSPS) is 15.0. The van der Waals surface area contributed by atoms with Crippen LogP contribution < -0.4 is 10.1 Å². The molecule has 2 amide bonds. The molecule has 5 rings (SSSR count). The second-order valence-corrected chi connectivity index (χ2v) is 7.33. The van der Waals surface area contributed by atoms with Gasteiger partial charge in [-0.15, -0.1) is 0 Å². The van der Waals surface area contributed by atoms with Crippen molar-refractivity contribution < 1.29 is 18.7 Å². The molecule has 1 aliphatic heterocycles. The molecule has 0 aliphatic carbocycles.